The van der Waals surface area contributed by atoms with Gasteiger partial charge in [-0.15, -0.1) is 0 Å². The van der Waals surface area contributed by atoms with Gasteiger partial charge in [-0.3, -0.25) is 0 Å². The Morgan fingerprint density at radius 1 is 1.17 bits per heavy atom. The minimum Gasteiger partial charge on any atom is -0.496 e. The summed E-state index contributed by atoms with van der Waals surface area (Å²) in [6.45, 7) is 2.77. The van der Waals surface area contributed by atoms with E-state index in [0.29, 0.717) is 0 Å². The predicted octanol–water partition coefficient (Wildman–Crippen LogP) is 3.02. The van der Waals surface area contributed by atoms with Gasteiger partial charge in [0.25, 0.3) is 0 Å². The topological polar surface area (TPSA) is 30.5 Å². The van der Waals surface area contributed by atoms with E-state index < -0.39 is 0 Å². The Balaban J connectivity index is 2.17. The van der Waals surface area contributed by atoms with E-state index in [9.17, 15) is 0 Å². The lowest BCUT2D eigenvalue weighted by Crippen LogP contribution is -2.20. The van der Waals surface area contributed by atoms with Crippen LogP contribution in [0.3, 0.4) is 0 Å². The molecule has 0 heterocycles. The molecule has 0 aliphatic rings. The van der Waals surface area contributed by atoms with Gasteiger partial charge in [0.15, 0.2) is 0 Å². The quantitative estimate of drug-likeness (QED) is 0.711. The molecule has 0 atom stereocenters. The Bertz CT molecular complexity index is 345. The number of unbranched alkanes of at least 4 members (excludes halogenated alkanes) is 1. The normalized spacial score (nSPS) is 10.6. The molecule has 0 bridgehead atoms. The minimum atomic E-state index is 0.783. The van der Waals surface area contributed by atoms with Gasteiger partial charge >= 0.3 is 0 Å². The molecule has 0 amide bonds. The third-order valence-electron chi connectivity index (χ3n) is 2.77. The van der Waals surface area contributed by atoms with Crippen molar-refractivity contribution in [3.8, 4) is 5.75 Å². The first kappa shape index (κ1) is 15.5. The van der Waals surface area contributed by atoms with Crippen LogP contribution in [0.2, 0.25) is 0 Å². The molecular formula is C14H22BrNO2. The van der Waals surface area contributed by atoms with Crippen LogP contribution in [0, 0.1) is 0 Å². The number of hydrogen-bond donors (Lipinski definition) is 1. The highest BCUT2D eigenvalue weighted by molar-refractivity contribution is 9.10. The lowest BCUT2D eigenvalue weighted by Gasteiger charge is -2.07. The molecule has 1 rings (SSSR count). The van der Waals surface area contributed by atoms with Crippen molar-refractivity contribution >= 4 is 15.9 Å². The highest BCUT2D eigenvalue weighted by Crippen LogP contribution is 2.26. The maximum atomic E-state index is 5.21. The van der Waals surface area contributed by atoms with E-state index in [4.69, 9.17) is 9.47 Å². The second-order valence-electron chi connectivity index (χ2n) is 4.17. The zero-order valence-electron chi connectivity index (χ0n) is 11.2. The van der Waals surface area contributed by atoms with Crippen LogP contribution in [-0.4, -0.2) is 33.9 Å². The SMILES string of the molecule is COCCNCCCCc1ccc(OC)c(Br)c1. The van der Waals surface area contributed by atoms with Crippen molar-refractivity contribution in [3.05, 3.63) is 28.2 Å². The first-order valence-electron chi connectivity index (χ1n) is 6.30. The fourth-order valence-electron chi connectivity index (χ4n) is 1.74. The average Bonchev–Trinajstić information content (AvgIpc) is 2.38. The third-order valence-corrected chi connectivity index (χ3v) is 3.39. The number of methoxy groups -OCH3 is 2. The van der Waals surface area contributed by atoms with Crippen LogP contribution < -0.4 is 10.1 Å². The molecule has 0 radical (unpaired) electrons. The number of hydrogen-bond acceptors (Lipinski definition) is 3. The van der Waals surface area contributed by atoms with Crippen molar-refractivity contribution in [2.24, 2.45) is 0 Å². The summed E-state index contributed by atoms with van der Waals surface area (Å²) in [4.78, 5) is 0. The van der Waals surface area contributed by atoms with Crippen LogP contribution in [0.1, 0.15) is 18.4 Å². The molecule has 102 valence electrons. The molecule has 1 N–H and O–H groups in total. The maximum absolute atomic E-state index is 5.21. The van der Waals surface area contributed by atoms with Gasteiger partial charge < -0.3 is 14.8 Å². The molecular weight excluding hydrogens is 294 g/mol. The molecule has 3 nitrogen and oxygen atoms in total. The first-order chi connectivity index (χ1) is 8.77. The Hall–Kier alpha value is -0.580. The number of ether oxygens (including phenoxy) is 2. The molecule has 0 saturated carbocycles. The number of aryl methyl sites for hydroxylation is 1. The van der Waals surface area contributed by atoms with Crippen LogP contribution in [-0.2, 0) is 11.2 Å². The lowest BCUT2D eigenvalue weighted by molar-refractivity contribution is 0.199. The fourth-order valence-corrected chi connectivity index (χ4v) is 2.33. The van der Waals surface area contributed by atoms with Gasteiger partial charge in [0, 0.05) is 13.7 Å². The molecule has 18 heavy (non-hydrogen) atoms. The lowest BCUT2D eigenvalue weighted by atomic mass is 10.1. The van der Waals surface area contributed by atoms with Crippen LogP contribution in [0.4, 0.5) is 0 Å². The van der Waals surface area contributed by atoms with Crippen LogP contribution >= 0.6 is 15.9 Å². The molecule has 0 aliphatic heterocycles. The summed E-state index contributed by atoms with van der Waals surface area (Å²) < 4.78 is 11.2. The van der Waals surface area contributed by atoms with Gasteiger partial charge in [-0.2, -0.15) is 0 Å². The number of nitrogens with one attached hydrogen (secondary N) is 1. The van der Waals surface area contributed by atoms with Gasteiger partial charge in [0.2, 0.25) is 0 Å². The van der Waals surface area contributed by atoms with Crippen molar-refractivity contribution in [2.45, 2.75) is 19.3 Å². The summed E-state index contributed by atoms with van der Waals surface area (Å²) in [5.41, 5.74) is 1.35. The summed E-state index contributed by atoms with van der Waals surface area (Å²) in [6.07, 6.45) is 3.49. The van der Waals surface area contributed by atoms with Crippen molar-refractivity contribution < 1.29 is 9.47 Å². The molecule has 4 heteroatoms. The van der Waals surface area contributed by atoms with E-state index in [1.54, 1.807) is 14.2 Å². The Morgan fingerprint density at radius 2 is 2.00 bits per heavy atom. The van der Waals surface area contributed by atoms with Gasteiger partial charge in [-0.1, -0.05) is 6.07 Å². The smallest absolute Gasteiger partial charge is 0.133 e. The van der Waals surface area contributed by atoms with Crippen LogP contribution in [0.5, 0.6) is 5.75 Å². The summed E-state index contributed by atoms with van der Waals surface area (Å²) in [5, 5.41) is 3.35. The fraction of sp³-hybridized carbons (Fsp3) is 0.571. The second-order valence-corrected chi connectivity index (χ2v) is 5.02. The second kappa shape index (κ2) is 9.36. The van der Waals surface area contributed by atoms with E-state index in [0.717, 1.165) is 36.3 Å². The number of halogens is 1. The van der Waals surface area contributed by atoms with Crippen LogP contribution in [0.15, 0.2) is 22.7 Å². The molecule has 1 aromatic rings. The largest absolute Gasteiger partial charge is 0.496 e. The van der Waals surface area contributed by atoms with Crippen molar-refractivity contribution in [2.75, 3.05) is 33.9 Å². The Morgan fingerprint density at radius 3 is 2.67 bits per heavy atom. The molecule has 1 aromatic carbocycles. The standard InChI is InChI=1S/C14H22BrNO2/c1-17-10-9-16-8-4-3-5-12-6-7-14(18-2)13(15)11-12/h6-7,11,16H,3-5,8-10H2,1-2H3. The summed E-state index contributed by atoms with van der Waals surface area (Å²) in [7, 11) is 3.41. The highest BCUT2D eigenvalue weighted by atomic mass is 79.9. The minimum absolute atomic E-state index is 0.783. The van der Waals surface area contributed by atoms with E-state index in [1.165, 1.54) is 18.4 Å². The zero-order chi connectivity index (χ0) is 13.2. The molecule has 0 spiro atoms. The van der Waals surface area contributed by atoms with E-state index in [-0.39, 0.29) is 0 Å². The number of rotatable bonds is 9. The molecule has 0 aliphatic carbocycles. The molecule has 0 unspecified atom stereocenters. The number of benzene rings is 1. The zero-order valence-corrected chi connectivity index (χ0v) is 12.8. The van der Waals surface area contributed by atoms with E-state index in [1.807, 2.05) is 6.07 Å². The van der Waals surface area contributed by atoms with Crippen molar-refractivity contribution in [1.82, 2.24) is 5.32 Å². The van der Waals surface area contributed by atoms with E-state index >= 15 is 0 Å². The molecule has 0 saturated heterocycles. The van der Waals surface area contributed by atoms with E-state index in [2.05, 4.69) is 33.4 Å². The van der Waals surface area contributed by atoms with Gasteiger partial charge in [-0.05, 0) is 59.4 Å². The summed E-state index contributed by atoms with van der Waals surface area (Å²) in [5.74, 6) is 0.889. The predicted molar refractivity (Wildman–Crippen MR) is 78.4 cm³/mol. The highest BCUT2D eigenvalue weighted by Gasteiger charge is 2.01. The van der Waals surface area contributed by atoms with Gasteiger partial charge in [0.05, 0.1) is 18.2 Å². The monoisotopic (exact) mass is 315 g/mol. The Labute approximate surface area is 118 Å². The van der Waals surface area contributed by atoms with Gasteiger partial charge in [-0.25, -0.2) is 0 Å². The third kappa shape index (κ3) is 5.85. The first-order valence-corrected chi connectivity index (χ1v) is 7.09. The Kier molecular flexibility index (Phi) is 8.05. The molecule has 0 fully saturated rings. The summed E-state index contributed by atoms with van der Waals surface area (Å²) >= 11 is 3.51. The van der Waals surface area contributed by atoms with Gasteiger partial charge in [0.1, 0.15) is 5.75 Å². The van der Waals surface area contributed by atoms with Crippen molar-refractivity contribution in [3.63, 3.8) is 0 Å². The van der Waals surface area contributed by atoms with Crippen LogP contribution in [0.25, 0.3) is 0 Å². The summed E-state index contributed by atoms with van der Waals surface area (Å²) in [6, 6.07) is 6.27. The average molecular weight is 316 g/mol. The maximum Gasteiger partial charge on any atom is 0.133 e. The van der Waals surface area contributed by atoms with Crippen molar-refractivity contribution in [1.29, 1.82) is 0 Å². The molecule has 0 aromatic heterocycles.